The molecule has 4 nitrogen and oxygen atoms in total. The van der Waals surface area contributed by atoms with E-state index in [0.717, 1.165) is 33.6 Å². The minimum Gasteiger partial charge on any atom is -0.508 e. The molecule has 1 aliphatic heterocycles. The highest BCUT2D eigenvalue weighted by atomic mass is 32.1. The van der Waals surface area contributed by atoms with Gasteiger partial charge in [-0.2, -0.15) is 9.90 Å². The molecule has 0 spiro atoms. The summed E-state index contributed by atoms with van der Waals surface area (Å²) in [6.45, 7) is 21.4. The van der Waals surface area contributed by atoms with Gasteiger partial charge in [-0.25, -0.2) is 0 Å². The molecule has 4 N–H and O–H groups in total. The lowest BCUT2D eigenvalue weighted by atomic mass is 9.96. The van der Waals surface area contributed by atoms with Crippen molar-refractivity contribution in [1.82, 2.24) is 10.2 Å². The molecule has 2 rings (SSSR count). The quantitative estimate of drug-likeness (QED) is 0.259. The first kappa shape index (κ1) is 30.7. The number of phenolic OH excluding ortho intramolecular Hbond substituents is 1. The zero-order chi connectivity index (χ0) is 22.0. The van der Waals surface area contributed by atoms with Gasteiger partial charge in [-0.15, -0.1) is 6.58 Å². The largest absolute Gasteiger partial charge is 0.508 e. The highest BCUT2D eigenvalue weighted by Crippen LogP contribution is 2.27. The van der Waals surface area contributed by atoms with Crippen LogP contribution in [0.2, 0.25) is 0 Å². The SMILES string of the molecule is C=CCN1C(=C)/C(=C/C(C)=C/C(=C\C)C(=C)c2cccc(O)c2)CNC1=S.CC.O.P. The van der Waals surface area contributed by atoms with Crippen LogP contribution in [-0.4, -0.2) is 33.7 Å². The lowest BCUT2D eigenvalue weighted by molar-refractivity contribution is 0.475. The van der Waals surface area contributed by atoms with E-state index in [-0.39, 0.29) is 21.1 Å². The summed E-state index contributed by atoms with van der Waals surface area (Å²) in [4.78, 5) is 1.94. The second-order valence-electron chi connectivity index (χ2n) is 6.34. The zero-order valence-corrected chi connectivity index (χ0v) is 21.4. The van der Waals surface area contributed by atoms with Crippen molar-refractivity contribution in [3.8, 4) is 5.75 Å². The number of hydrogen-bond acceptors (Lipinski definition) is 2. The molecule has 1 aromatic carbocycles. The van der Waals surface area contributed by atoms with Crippen molar-refractivity contribution in [2.75, 3.05) is 13.1 Å². The average Bonchev–Trinajstić information content (AvgIpc) is 2.72. The minimum atomic E-state index is 0. The van der Waals surface area contributed by atoms with Gasteiger partial charge in [-0.05, 0) is 60.5 Å². The van der Waals surface area contributed by atoms with Crippen molar-refractivity contribution < 1.29 is 10.6 Å². The van der Waals surface area contributed by atoms with E-state index in [1.165, 1.54) is 0 Å². The second-order valence-corrected chi connectivity index (χ2v) is 6.72. The first-order valence-electron chi connectivity index (χ1n) is 9.76. The van der Waals surface area contributed by atoms with Crippen molar-refractivity contribution in [2.45, 2.75) is 27.7 Å². The van der Waals surface area contributed by atoms with E-state index in [1.807, 2.05) is 56.9 Å². The molecule has 1 atom stereocenters. The molecule has 1 aromatic rings. The summed E-state index contributed by atoms with van der Waals surface area (Å²) >= 11 is 5.35. The number of allylic oxidation sites excluding steroid dienone is 6. The fourth-order valence-corrected chi connectivity index (χ4v) is 3.14. The second kappa shape index (κ2) is 15.4. The molecule has 1 aliphatic rings. The summed E-state index contributed by atoms with van der Waals surface area (Å²) in [5, 5.41) is 13.6. The Morgan fingerprint density at radius 3 is 2.52 bits per heavy atom. The lowest BCUT2D eigenvalue weighted by Crippen LogP contribution is -2.45. The van der Waals surface area contributed by atoms with Crippen LogP contribution in [0, 0.1) is 0 Å². The van der Waals surface area contributed by atoms with Gasteiger partial charge in [0.1, 0.15) is 5.75 Å². The van der Waals surface area contributed by atoms with Gasteiger partial charge in [0.05, 0.1) is 0 Å². The Bertz CT molecular complexity index is 885. The van der Waals surface area contributed by atoms with Crippen LogP contribution < -0.4 is 5.32 Å². The molecule has 0 saturated carbocycles. The maximum Gasteiger partial charge on any atom is 0.174 e. The number of phenols is 1. The van der Waals surface area contributed by atoms with Gasteiger partial charge in [0.25, 0.3) is 0 Å². The molecule has 170 valence electrons. The monoisotopic (exact) mass is 460 g/mol. The van der Waals surface area contributed by atoms with E-state index < -0.39 is 0 Å². The van der Waals surface area contributed by atoms with Crippen LogP contribution in [0.5, 0.6) is 5.75 Å². The maximum absolute atomic E-state index is 9.71. The van der Waals surface area contributed by atoms with Crippen LogP contribution in [0.1, 0.15) is 33.3 Å². The van der Waals surface area contributed by atoms with Crippen molar-refractivity contribution in [3.05, 3.63) is 96.3 Å². The minimum absolute atomic E-state index is 0. The molecule has 1 heterocycles. The smallest absolute Gasteiger partial charge is 0.174 e. The molecule has 6 heteroatoms. The average molecular weight is 461 g/mol. The first-order chi connectivity index (χ1) is 13.9. The molecule has 0 amide bonds. The summed E-state index contributed by atoms with van der Waals surface area (Å²) in [5.74, 6) is 0.231. The number of thiocarbonyl (C=S) groups is 1. The molecule has 0 aromatic heterocycles. The molecule has 0 aliphatic carbocycles. The lowest BCUT2D eigenvalue weighted by Gasteiger charge is -2.33. The van der Waals surface area contributed by atoms with Crippen LogP contribution in [0.15, 0.2) is 90.7 Å². The van der Waals surface area contributed by atoms with Gasteiger partial charge in [0.15, 0.2) is 5.11 Å². The fraction of sp³-hybridized carbons (Fsp3) is 0.240. The molecular formula is C25H37N2O2PS. The van der Waals surface area contributed by atoms with Crippen LogP contribution in [0.25, 0.3) is 5.57 Å². The van der Waals surface area contributed by atoms with Crippen molar-refractivity contribution >= 4 is 32.8 Å². The van der Waals surface area contributed by atoms with E-state index in [9.17, 15) is 5.11 Å². The predicted molar refractivity (Wildman–Crippen MR) is 145 cm³/mol. The number of rotatable bonds is 6. The van der Waals surface area contributed by atoms with E-state index in [2.05, 4.69) is 37.2 Å². The van der Waals surface area contributed by atoms with Gasteiger partial charge in [-0.1, -0.05) is 69.0 Å². The Labute approximate surface area is 196 Å². The Kier molecular flexibility index (Phi) is 15.2. The Morgan fingerprint density at radius 1 is 1.32 bits per heavy atom. The molecule has 1 unspecified atom stereocenters. The Morgan fingerprint density at radius 2 is 1.97 bits per heavy atom. The molecule has 0 radical (unpaired) electrons. The van der Waals surface area contributed by atoms with E-state index >= 15 is 0 Å². The standard InChI is InChI=1S/C23H26N2OS.C2H6.H2O.H3P/c1-6-11-25-18(5)21(15-24-23(25)27)13-16(3)12-19(7-2)17(4)20-9-8-10-22(26)14-20;1-2;;/h6-10,12-14,26H,1,4-5,11,15H2,2-3H3,(H,24,27);1-2H3;1H2;1H3/b16-12+,19-7+,21-13+;;;. The van der Waals surface area contributed by atoms with E-state index in [1.54, 1.807) is 12.1 Å². The highest BCUT2D eigenvalue weighted by Gasteiger charge is 2.20. The fourth-order valence-electron chi connectivity index (χ4n) is 2.89. The number of nitrogens with zero attached hydrogens (tertiary/aromatic N) is 1. The highest BCUT2D eigenvalue weighted by molar-refractivity contribution is 7.80. The third-order valence-electron chi connectivity index (χ3n) is 4.32. The summed E-state index contributed by atoms with van der Waals surface area (Å²) in [6, 6.07) is 7.12. The van der Waals surface area contributed by atoms with E-state index in [0.29, 0.717) is 18.2 Å². The van der Waals surface area contributed by atoms with Gasteiger partial charge >= 0.3 is 0 Å². The number of benzene rings is 1. The van der Waals surface area contributed by atoms with Crippen molar-refractivity contribution in [3.63, 3.8) is 0 Å². The van der Waals surface area contributed by atoms with E-state index in [4.69, 9.17) is 12.2 Å². The number of hydrogen-bond donors (Lipinski definition) is 2. The Hall–Kier alpha value is -2.46. The van der Waals surface area contributed by atoms with Crippen LogP contribution in [0.4, 0.5) is 0 Å². The third-order valence-corrected chi connectivity index (χ3v) is 4.69. The topological polar surface area (TPSA) is 67.0 Å². The van der Waals surface area contributed by atoms with Gasteiger partial charge in [0.2, 0.25) is 0 Å². The van der Waals surface area contributed by atoms with Crippen LogP contribution in [-0.2, 0) is 0 Å². The van der Waals surface area contributed by atoms with Crippen molar-refractivity contribution in [2.24, 2.45) is 0 Å². The number of aromatic hydroxyl groups is 1. The van der Waals surface area contributed by atoms with Gasteiger partial charge in [-0.3, -0.25) is 0 Å². The summed E-state index contributed by atoms with van der Waals surface area (Å²) < 4.78 is 0. The summed E-state index contributed by atoms with van der Waals surface area (Å²) in [7, 11) is 0. The van der Waals surface area contributed by atoms with Gasteiger partial charge < -0.3 is 20.8 Å². The molecule has 0 bridgehead atoms. The zero-order valence-electron chi connectivity index (χ0n) is 19.2. The van der Waals surface area contributed by atoms with Gasteiger partial charge in [0, 0.05) is 18.8 Å². The number of nitrogens with one attached hydrogen (secondary N) is 1. The normalized spacial score (nSPS) is 15.1. The summed E-state index contributed by atoms with van der Waals surface area (Å²) in [5.41, 5.74) is 5.81. The molecular weight excluding hydrogens is 423 g/mol. The Balaban J connectivity index is 0. The molecule has 1 fully saturated rings. The predicted octanol–water partition coefficient (Wildman–Crippen LogP) is 5.37. The van der Waals surface area contributed by atoms with Crippen LogP contribution in [0.3, 0.4) is 0 Å². The third kappa shape index (κ3) is 8.66. The first-order valence-corrected chi connectivity index (χ1v) is 10.2. The molecule has 1 saturated heterocycles. The van der Waals surface area contributed by atoms with Crippen LogP contribution >= 0.6 is 22.1 Å². The maximum atomic E-state index is 9.71. The van der Waals surface area contributed by atoms with Crippen molar-refractivity contribution in [1.29, 1.82) is 0 Å². The molecule has 31 heavy (non-hydrogen) atoms. The summed E-state index contributed by atoms with van der Waals surface area (Å²) in [6.07, 6.45) is 8.01.